The Morgan fingerprint density at radius 2 is 1.96 bits per heavy atom. The molecular formula is C18H23N5O3. The van der Waals surface area contributed by atoms with Crippen molar-refractivity contribution in [1.82, 2.24) is 9.97 Å². The average Bonchev–Trinajstić information content (AvgIpc) is 2.69. The normalized spacial score (nSPS) is 14.8. The van der Waals surface area contributed by atoms with Gasteiger partial charge in [-0.3, -0.25) is 4.79 Å². The number of anilines is 4. The number of carbonyl (C=O) groups excluding carboxylic acids is 1. The zero-order valence-electron chi connectivity index (χ0n) is 14.9. The van der Waals surface area contributed by atoms with E-state index in [2.05, 4.69) is 20.2 Å². The first-order valence-electron chi connectivity index (χ1n) is 8.47. The summed E-state index contributed by atoms with van der Waals surface area (Å²) in [6.07, 6.45) is 2.91. The molecule has 3 rings (SSSR count). The summed E-state index contributed by atoms with van der Waals surface area (Å²) in [4.78, 5) is 22.4. The third kappa shape index (κ3) is 3.63. The predicted octanol–water partition coefficient (Wildman–Crippen LogP) is 2.20. The van der Waals surface area contributed by atoms with Gasteiger partial charge in [-0.2, -0.15) is 0 Å². The number of rotatable bonds is 5. The molecular weight excluding hydrogens is 334 g/mol. The van der Waals surface area contributed by atoms with E-state index in [1.165, 1.54) is 13.4 Å². The maximum atomic E-state index is 11.7. The number of piperidine rings is 1. The zero-order valence-corrected chi connectivity index (χ0v) is 14.9. The molecule has 1 aromatic carbocycles. The number of esters is 1. The molecule has 0 radical (unpaired) electrons. The fourth-order valence-corrected chi connectivity index (χ4v) is 3.11. The van der Waals surface area contributed by atoms with Crippen LogP contribution in [-0.4, -0.2) is 43.2 Å². The number of aromatic nitrogens is 2. The quantitative estimate of drug-likeness (QED) is 0.785. The van der Waals surface area contributed by atoms with Gasteiger partial charge in [0.1, 0.15) is 17.8 Å². The van der Waals surface area contributed by atoms with Crippen LogP contribution in [-0.2, 0) is 9.53 Å². The molecule has 1 aromatic heterocycles. The number of nitrogens with zero attached hydrogens (tertiary/aromatic N) is 3. The highest BCUT2D eigenvalue weighted by Gasteiger charge is 2.27. The van der Waals surface area contributed by atoms with Crippen LogP contribution in [0.2, 0.25) is 0 Å². The van der Waals surface area contributed by atoms with Crippen molar-refractivity contribution in [3.63, 3.8) is 0 Å². The van der Waals surface area contributed by atoms with Gasteiger partial charge >= 0.3 is 5.97 Å². The van der Waals surface area contributed by atoms with Crippen molar-refractivity contribution >= 4 is 29.0 Å². The highest BCUT2D eigenvalue weighted by Crippen LogP contribution is 2.33. The van der Waals surface area contributed by atoms with Gasteiger partial charge in [0.25, 0.3) is 0 Å². The smallest absolute Gasteiger partial charge is 0.308 e. The predicted molar refractivity (Wildman–Crippen MR) is 99.7 cm³/mol. The van der Waals surface area contributed by atoms with Gasteiger partial charge in [-0.05, 0) is 25.0 Å². The number of benzene rings is 1. The number of hydrogen-bond donors (Lipinski definition) is 2. The van der Waals surface area contributed by atoms with Gasteiger partial charge in [0, 0.05) is 13.1 Å². The van der Waals surface area contributed by atoms with E-state index in [1.807, 2.05) is 24.3 Å². The fourth-order valence-electron chi connectivity index (χ4n) is 3.11. The van der Waals surface area contributed by atoms with Crippen LogP contribution < -0.4 is 20.7 Å². The summed E-state index contributed by atoms with van der Waals surface area (Å²) >= 11 is 0. The third-order valence-corrected chi connectivity index (χ3v) is 4.55. The Balaban J connectivity index is 1.77. The second kappa shape index (κ2) is 7.90. The number of para-hydroxylation sites is 2. The van der Waals surface area contributed by atoms with Gasteiger partial charge in [0.05, 0.1) is 25.8 Å². The lowest BCUT2D eigenvalue weighted by molar-refractivity contribution is -0.146. The fraction of sp³-hybridized carbons (Fsp3) is 0.389. The maximum Gasteiger partial charge on any atom is 0.308 e. The maximum absolute atomic E-state index is 11.7. The van der Waals surface area contributed by atoms with Gasteiger partial charge in [-0.15, -0.1) is 0 Å². The van der Waals surface area contributed by atoms with Crippen LogP contribution in [0.3, 0.4) is 0 Å². The summed E-state index contributed by atoms with van der Waals surface area (Å²) in [5.41, 5.74) is 7.55. The lowest BCUT2D eigenvalue weighted by Gasteiger charge is -2.32. The number of ether oxygens (including phenoxy) is 2. The van der Waals surface area contributed by atoms with Gasteiger partial charge in [-0.25, -0.2) is 9.97 Å². The summed E-state index contributed by atoms with van der Waals surface area (Å²) in [7, 11) is 3.04. The highest BCUT2D eigenvalue weighted by atomic mass is 16.5. The number of methoxy groups -OCH3 is 2. The second-order valence-corrected chi connectivity index (χ2v) is 6.07. The summed E-state index contributed by atoms with van der Waals surface area (Å²) in [6, 6.07) is 7.55. The Hall–Kier alpha value is -3.03. The van der Waals surface area contributed by atoms with Crippen molar-refractivity contribution in [2.24, 2.45) is 5.92 Å². The third-order valence-electron chi connectivity index (χ3n) is 4.55. The van der Waals surface area contributed by atoms with E-state index in [-0.39, 0.29) is 11.9 Å². The standard InChI is InChI=1S/C18H23N5O3/c1-25-14-6-4-3-5-13(14)22-16-15(19)17(21-11-20-16)23-9-7-12(8-10-23)18(24)26-2/h3-6,11-12H,7-10,19H2,1-2H3,(H,20,21,22). The molecule has 0 bridgehead atoms. The first-order valence-corrected chi connectivity index (χ1v) is 8.47. The number of carbonyl (C=O) groups is 1. The van der Waals surface area contributed by atoms with Crippen LogP contribution in [0.15, 0.2) is 30.6 Å². The van der Waals surface area contributed by atoms with Crippen molar-refractivity contribution in [2.75, 3.05) is 43.3 Å². The number of nitrogen functional groups attached to an aromatic ring is 1. The molecule has 2 aromatic rings. The van der Waals surface area contributed by atoms with Crippen LogP contribution in [0.5, 0.6) is 5.75 Å². The molecule has 1 fully saturated rings. The van der Waals surface area contributed by atoms with Gasteiger partial charge < -0.3 is 25.4 Å². The van der Waals surface area contributed by atoms with Crippen molar-refractivity contribution < 1.29 is 14.3 Å². The van der Waals surface area contributed by atoms with Crippen molar-refractivity contribution in [3.8, 4) is 5.75 Å². The molecule has 2 heterocycles. The van der Waals surface area contributed by atoms with E-state index in [0.29, 0.717) is 49.0 Å². The van der Waals surface area contributed by atoms with E-state index in [4.69, 9.17) is 15.2 Å². The topological polar surface area (TPSA) is 103 Å². The number of nitrogens with one attached hydrogen (secondary N) is 1. The molecule has 8 nitrogen and oxygen atoms in total. The first kappa shape index (κ1) is 17.8. The van der Waals surface area contributed by atoms with Gasteiger partial charge in [0.2, 0.25) is 0 Å². The van der Waals surface area contributed by atoms with Crippen LogP contribution in [0.25, 0.3) is 0 Å². The zero-order chi connectivity index (χ0) is 18.5. The van der Waals surface area contributed by atoms with Crippen molar-refractivity contribution in [2.45, 2.75) is 12.8 Å². The van der Waals surface area contributed by atoms with Crippen molar-refractivity contribution in [1.29, 1.82) is 0 Å². The summed E-state index contributed by atoms with van der Waals surface area (Å²) in [5.74, 6) is 1.67. The molecule has 0 saturated carbocycles. The second-order valence-electron chi connectivity index (χ2n) is 6.07. The average molecular weight is 357 g/mol. The lowest BCUT2D eigenvalue weighted by Crippen LogP contribution is -2.37. The Labute approximate surface area is 152 Å². The molecule has 1 aliphatic heterocycles. The number of nitrogens with two attached hydrogens (primary N) is 1. The molecule has 0 aliphatic carbocycles. The summed E-state index contributed by atoms with van der Waals surface area (Å²) in [6.45, 7) is 1.38. The molecule has 138 valence electrons. The van der Waals surface area contributed by atoms with Gasteiger partial charge in [-0.1, -0.05) is 12.1 Å². The number of hydrogen-bond acceptors (Lipinski definition) is 8. The van der Waals surface area contributed by atoms with E-state index in [0.717, 1.165) is 5.69 Å². The Bertz CT molecular complexity index is 775. The van der Waals surface area contributed by atoms with E-state index in [9.17, 15) is 4.79 Å². The summed E-state index contributed by atoms with van der Waals surface area (Å²) in [5, 5.41) is 3.21. The van der Waals surface area contributed by atoms with E-state index < -0.39 is 0 Å². The van der Waals surface area contributed by atoms with Crippen LogP contribution in [0.1, 0.15) is 12.8 Å². The molecule has 0 spiro atoms. The molecule has 1 aliphatic rings. The molecule has 8 heteroatoms. The van der Waals surface area contributed by atoms with Crippen LogP contribution >= 0.6 is 0 Å². The molecule has 0 unspecified atom stereocenters. The largest absolute Gasteiger partial charge is 0.495 e. The van der Waals surface area contributed by atoms with Gasteiger partial charge in [0.15, 0.2) is 11.6 Å². The van der Waals surface area contributed by atoms with Crippen LogP contribution in [0.4, 0.5) is 23.0 Å². The van der Waals surface area contributed by atoms with Crippen molar-refractivity contribution in [3.05, 3.63) is 30.6 Å². The minimum atomic E-state index is -0.154. The Kier molecular flexibility index (Phi) is 5.40. The highest BCUT2D eigenvalue weighted by molar-refractivity contribution is 5.80. The Morgan fingerprint density at radius 3 is 2.65 bits per heavy atom. The van der Waals surface area contributed by atoms with Crippen LogP contribution in [0, 0.1) is 5.92 Å². The molecule has 1 saturated heterocycles. The minimum Gasteiger partial charge on any atom is -0.495 e. The molecule has 0 atom stereocenters. The summed E-state index contributed by atoms with van der Waals surface area (Å²) < 4.78 is 10.2. The minimum absolute atomic E-state index is 0.0644. The SMILES string of the molecule is COC(=O)C1CCN(c2ncnc(Nc3ccccc3OC)c2N)CC1. The first-order chi connectivity index (χ1) is 12.6. The Morgan fingerprint density at radius 1 is 1.23 bits per heavy atom. The lowest BCUT2D eigenvalue weighted by atomic mass is 9.97. The molecule has 3 N–H and O–H groups in total. The molecule has 0 amide bonds. The van der Waals surface area contributed by atoms with E-state index >= 15 is 0 Å². The molecule has 26 heavy (non-hydrogen) atoms. The monoisotopic (exact) mass is 357 g/mol. The van der Waals surface area contributed by atoms with E-state index in [1.54, 1.807) is 7.11 Å².